The van der Waals surface area contributed by atoms with Gasteiger partial charge >= 0.3 is 10.3 Å². The Balaban J connectivity index is 2.81. The Kier molecular flexibility index (Phi) is 1.83. The molecule has 0 aliphatic rings. The maximum Gasteiger partial charge on any atom is 0.381 e. The summed E-state index contributed by atoms with van der Waals surface area (Å²) < 4.78 is 29.3. The summed E-state index contributed by atoms with van der Waals surface area (Å²) in [4.78, 5) is 0. The van der Waals surface area contributed by atoms with Crippen molar-refractivity contribution < 1.29 is 17.1 Å². The van der Waals surface area contributed by atoms with Crippen molar-refractivity contribution in [1.29, 1.82) is 0 Å². The van der Waals surface area contributed by atoms with Crippen LogP contribution in [0.15, 0.2) is 10.6 Å². The van der Waals surface area contributed by atoms with Crippen LogP contribution in [0, 0.1) is 6.92 Å². The van der Waals surface area contributed by atoms with Crippen molar-refractivity contribution in [3.8, 4) is 5.88 Å². The molecule has 0 radical (unpaired) electrons. The summed E-state index contributed by atoms with van der Waals surface area (Å²) in [5, 5.41) is 7.79. The van der Waals surface area contributed by atoms with Crippen molar-refractivity contribution in [2.45, 2.75) is 6.92 Å². The molecule has 0 spiro atoms. The van der Waals surface area contributed by atoms with Crippen LogP contribution in [0.5, 0.6) is 5.88 Å². The lowest BCUT2D eigenvalue weighted by molar-refractivity contribution is 0.369. The van der Waals surface area contributed by atoms with E-state index in [2.05, 4.69) is 19.0 Å². The Labute approximate surface area is 63.2 Å². The number of hydrogen-bond donors (Lipinski definition) is 1. The average molecular weight is 178 g/mol. The first-order valence-corrected chi connectivity index (χ1v) is 4.10. The van der Waals surface area contributed by atoms with Crippen LogP contribution in [0.1, 0.15) is 5.76 Å². The molecule has 0 unspecified atom stereocenters. The number of nitrogens with zero attached hydrogens (tertiary/aromatic N) is 1. The maximum absolute atomic E-state index is 10.3. The molecule has 0 saturated heterocycles. The first-order chi connectivity index (χ1) is 4.97. The molecule has 0 aliphatic carbocycles. The van der Waals surface area contributed by atoms with Crippen LogP contribution in [0.4, 0.5) is 0 Å². The Morgan fingerprint density at radius 2 is 2.36 bits per heavy atom. The summed E-state index contributed by atoms with van der Waals surface area (Å²) in [6.45, 7) is 1.60. The van der Waals surface area contributed by atoms with E-state index in [-0.39, 0.29) is 5.88 Å². The van der Waals surface area contributed by atoms with Gasteiger partial charge in [0.2, 0.25) is 0 Å². The molecule has 1 heterocycles. The fourth-order valence-corrected chi connectivity index (χ4v) is 0.818. The van der Waals surface area contributed by atoms with Crippen LogP contribution in [-0.4, -0.2) is 13.6 Å². The molecular weight excluding hydrogens is 172 g/mol. The Morgan fingerprint density at radius 1 is 1.73 bits per heavy atom. The molecule has 7 heteroatoms. The molecule has 2 N–H and O–H groups in total. The van der Waals surface area contributed by atoms with Crippen LogP contribution in [0.3, 0.4) is 0 Å². The van der Waals surface area contributed by atoms with Gasteiger partial charge in [0, 0.05) is 6.07 Å². The summed E-state index contributed by atoms with van der Waals surface area (Å²) in [5.74, 6) is 0.286. The lowest BCUT2D eigenvalue weighted by Gasteiger charge is -1.93. The third kappa shape index (κ3) is 2.56. The summed E-state index contributed by atoms with van der Waals surface area (Å²) >= 11 is 0. The predicted molar refractivity (Wildman–Crippen MR) is 35.0 cm³/mol. The van der Waals surface area contributed by atoms with Gasteiger partial charge in [-0.2, -0.15) is 13.6 Å². The molecule has 0 atom stereocenters. The molecule has 1 rings (SSSR count). The predicted octanol–water partition coefficient (Wildman–Crippen LogP) is -0.435. The van der Waals surface area contributed by atoms with E-state index in [9.17, 15) is 8.42 Å². The van der Waals surface area contributed by atoms with E-state index in [4.69, 9.17) is 0 Å². The third-order valence-electron chi connectivity index (χ3n) is 0.808. The lowest BCUT2D eigenvalue weighted by atomic mass is 10.5. The highest BCUT2D eigenvalue weighted by molar-refractivity contribution is 7.84. The summed E-state index contributed by atoms with van der Waals surface area (Å²) in [6.07, 6.45) is 0. The molecule has 1 aromatic rings. The number of aromatic nitrogens is 1. The van der Waals surface area contributed by atoms with E-state index in [1.165, 1.54) is 6.07 Å². The Hall–Kier alpha value is -1.08. The normalized spacial score (nSPS) is 11.5. The topological polar surface area (TPSA) is 95.4 Å². The molecule has 0 fully saturated rings. The first kappa shape index (κ1) is 8.02. The Morgan fingerprint density at radius 3 is 2.73 bits per heavy atom. The van der Waals surface area contributed by atoms with Crippen LogP contribution >= 0.6 is 0 Å². The van der Waals surface area contributed by atoms with Crippen molar-refractivity contribution in [1.82, 2.24) is 5.16 Å². The number of nitrogens with two attached hydrogens (primary N) is 1. The highest BCUT2D eigenvalue weighted by Crippen LogP contribution is 2.10. The van der Waals surface area contributed by atoms with Gasteiger partial charge in [-0.25, -0.2) is 0 Å². The van der Waals surface area contributed by atoms with Gasteiger partial charge in [0.05, 0.1) is 0 Å². The first-order valence-electron chi connectivity index (χ1n) is 2.63. The zero-order valence-electron chi connectivity index (χ0n) is 5.64. The smallest absolute Gasteiger partial charge is 0.358 e. The van der Waals surface area contributed by atoms with Crippen LogP contribution in [0.25, 0.3) is 0 Å². The van der Waals surface area contributed by atoms with Gasteiger partial charge in [-0.3, -0.25) is 0 Å². The van der Waals surface area contributed by atoms with Gasteiger partial charge in [-0.1, -0.05) is 0 Å². The molecule has 0 aromatic carbocycles. The molecular formula is C4H6N2O4S. The fourth-order valence-electron chi connectivity index (χ4n) is 0.502. The van der Waals surface area contributed by atoms with E-state index in [0.717, 1.165) is 0 Å². The van der Waals surface area contributed by atoms with E-state index in [0.29, 0.717) is 5.76 Å². The lowest BCUT2D eigenvalue weighted by Crippen LogP contribution is -2.18. The van der Waals surface area contributed by atoms with Crippen LogP contribution < -0.4 is 9.32 Å². The largest absolute Gasteiger partial charge is 0.381 e. The summed E-state index contributed by atoms with van der Waals surface area (Å²) in [6, 6.07) is 1.31. The highest BCUT2D eigenvalue weighted by Gasteiger charge is 2.08. The zero-order chi connectivity index (χ0) is 8.48. The second kappa shape index (κ2) is 2.51. The van der Waals surface area contributed by atoms with Gasteiger partial charge in [0.15, 0.2) is 0 Å². The zero-order valence-corrected chi connectivity index (χ0v) is 6.46. The second-order valence-corrected chi connectivity index (χ2v) is 3.00. The molecule has 0 saturated carbocycles. The van der Waals surface area contributed by atoms with E-state index < -0.39 is 10.3 Å². The Bertz CT molecular complexity index is 341. The van der Waals surface area contributed by atoms with Crippen molar-refractivity contribution in [3.63, 3.8) is 0 Å². The third-order valence-corrected chi connectivity index (χ3v) is 1.21. The quantitative estimate of drug-likeness (QED) is 0.662. The van der Waals surface area contributed by atoms with Crippen LogP contribution in [-0.2, 0) is 10.3 Å². The average Bonchev–Trinajstić information content (AvgIpc) is 2.10. The van der Waals surface area contributed by atoms with Gasteiger partial charge in [0.1, 0.15) is 5.76 Å². The summed E-state index contributed by atoms with van der Waals surface area (Å²) in [7, 11) is -3.99. The van der Waals surface area contributed by atoms with Crippen molar-refractivity contribution in [2.75, 3.05) is 0 Å². The minimum atomic E-state index is -3.99. The standard InChI is InChI=1S/C4H6N2O4S/c1-3-2-4(6-9-3)10-11(5,7)8/h2H,1H3,(H2,5,7,8). The van der Waals surface area contributed by atoms with E-state index >= 15 is 0 Å². The van der Waals surface area contributed by atoms with E-state index in [1.54, 1.807) is 6.92 Å². The molecule has 0 aliphatic heterocycles. The van der Waals surface area contributed by atoms with Crippen molar-refractivity contribution >= 4 is 10.3 Å². The molecule has 1 aromatic heterocycles. The number of hydrogen-bond acceptors (Lipinski definition) is 5. The molecule has 0 amide bonds. The van der Waals surface area contributed by atoms with Crippen molar-refractivity contribution in [2.24, 2.45) is 5.14 Å². The number of rotatable bonds is 2. The molecule has 0 bridgehead atoms. The summed E-state index contributed by atoms with van der Waals surface area (Å²) in [5.41, 5.74) is 0. The highest BCUT2D eigenvalue weighted by atomic mass is 32.2. The minimum absolute atomic E-state index is 0.162. The molecule has 62 valence electrons. The minimum Gasteiger partial charge on any atom is -0.358 e. The van der Waals surface area contributed by atoms with Crippen LogP contribution in [0.2, 0.25) is 0 Å². The monoisotopic (exact) mass is 178 g/mol. The molecule has 11 heavy (non-hydrogen) atoms. The van der Waals surface area contributed by atoms with Gasteiger partial charge in [-0.05, 0) is 12.1 Å². The van der Waals surface area contributed by atoms with Gasteiger partial charge < -0.3 is 8.71 Å². The van der Waals surface area contributed by atoms with Gasteiger partial charge in [0.25, 0.3) is 5.88 Å². The molecule has 6 nitrogen and oxygen atoms in total. The van der Waals surface area contributed by atoms with E-state index in [1.807, 2.05) is 0 Å². The van der Waals surface area contributed by atoms with Crippen molar-refractivity contribution in [3.05, 3.63) is 11.8 Å². The fraction of sp³-hybridized carbons (Fsp3) is 0.250. The SMILES string of the molecule is Cc1cc(OS(N)(=O)=O)no1. The second-order valence-electron chi connectivity index (χ2n) is 1.85. The number of aryl methyl sites for hydroxylation is 1. The maximum atomic E-state index is 10.3. The van der Waals surface area contributed by atoms with Gasteiger partial charge in [-0.15, -0.1) is 0 Å².